The van der Waals surface area contributed by atoms with Gasteiger partial charge in [-0.05, 0) is 37.1 Å². The minimum atomic E-state index is -0.346. The summed E-state index contributed by atoms with van der Waals surface area (Å²) in [6, 6.07) is 14.7. The number of anilines is 1. The first kappa shape index (κ1) is 16.3. The van der Waals surface area contributed by atoms with E-state index in [2.05, 4.69) is 15.5 Å². The van der Waals surface area contributed by atoms with Crippen LogP contribution >= 0.6 is 0 Å². The molecule has 26 heavy (non-hydrogen) atoms. The van der Waals surface area contributed by atoms with Gasteiger partial charge >= 0.3 is 6.03 Å². The third-order valence-electron chi connectivity index (χ3n) is 4.37. The normalized spacial score (nSPS) is 16.7. The van der Waals surface area contributed by atoms with Crippen LogP contribution in [0.5, 0.6) is 0 Å². The van der Waals surface area contributed by atoms with Crippen molar-refractivity contribution in [2.45, 2.75) is 18.9 Å². The lowest BCUT2D eigenvalue weighted by atomic mass is 10.2. The quantitative estimate of drug-likeness (QED) is 0.765. The van der Waals surface area contributed by atoms with Gasteiger partial charge in [0.1, 0.15) is 11.9 Å². The number of rotatable bonds is 3. The summed E-state index contributed by atoms with van der Waals surface area (Å²) in [7, 11) is 0. The Morgan fingerprint density at radius 1 is 1.15 bits per heavy atom. The first-order valence-electron chi connectivity index (χ1n) is 8.43. The molecular formula is C19H17FN4O2. The zero-order valence-corrected chi connectivity index (χ0v) is 13.9. The zero-order chi connectivity index (χ0) is 17.9. The molecule has 1 aliphatic rings. The number of likely N-dealkylation sites (tertiary alicyclic amines) is 1. The fraction of sp³-hybridized carbons (Fsp3) is 0.211. The van der Waals surface area contributed by atoms with E-state index in [1.807, 2.05) is 30.3 Å². The fourth-order valence-corrected chi connectivity index (χ4v) is 3.07. The van der Waals surface area contributed by atoms with Gasteiger partial charge in [-0.25, -0.2) is 9.18 Å². The minimum absolute atomic E-state index is 0.264. The lowest BCUT2D eigenvalue weighted by molar-refractivity contribution is 0.193. The molecule has 2 amide bonds. The first-order valence-corrected chi connectivity index (χ1v) is 8.43. The van der Waals surface area contributed by atoms with Gasteiger partial charge < -0.3 is 14.7 Å². The highest BCUT2D eigenvalue weighted by Crippen LogP contribution is 2.32. The predicted molar refractivity (Wildman–Crippen MR) is 93.8 cm³/mol. The number of nitrogens with zero attached hydrogens (tertiary/aromatic N) is 3. The van der Waals surface area contributed by atoms with Gasteiger partial charge in [-0.3, -0.25) is 0 Å². The minimum Gasteiger partial charge on any atom is -0.337 e. The highest BCUT2D eigenvalue weighted by molar-refractivity contribution is 5.89. The summed E-state index contributed by atoms with van der Waals surface area (Å²) in [5.41, 5.74) is 1.40. The number of hydrogen-bond donors (Lipinski definition) is 1. The SMILES string of the molecule is O=C(Nc1ccc(F)cc1)N1CCC[C@@H]1c1nc(-c2ccccc2)no1. The van der Waals surface area contributed by atoms with Crippen LogP contribution in [0, 0.1) is 5.82 Å². The number of benzene rings is 2. The van der Waals surface area contributed by atoms with E-state index >= 15 is 0 Å². The van der Waals surface area contributed by atoms with Crippen molar-refractivity contribution in [1.82, 2.24) is 15.0 Å². The van der Waals surface area contributed by atoms with E-state index in [-0.39, 0.29) is 17.9 Å². The second kappa shape index (κ2) is 6.95. The number of urea groups is 1. The number of carbonyl (C=O) groups excluding carboxylic acids is 1. The molecule has 2 heterocycles. The average Bonchev–Trinajstić information content (AvgIpc) is 3.33. The van der Waals surface area contributed by atoms with E-state index < -0.39 is 0 Å². The third kappa shape index (κ3) is 3.28. The molecule has 0 spiro atoms. The molecule has 6 nitrogen and oxygen atoms in total. The number of carbonyl (C=O) groups is 1. The van der Waals surface area contributed by atoms with Crippen LogP contribution in [0.15, 0.2) is 59.1 Å². The van der Waals surface area contributed by atoms with Gasteiger partial charge in [-0.15, -0.1) is 0 Å². The molecule has 1 aromatic heterocycles. The van der Waals surface area contributed by atoms with E-state index in [0.29, 0.717) is 23.9 Å². The molecule has 2 aromatic carbocycles. The Morgan fingerprint density at radius 3 is 2.69 bits per heavy atom. The maximum atomic E-state index is 13.0. The molecule has 3 aromatic rings. The lowest BCUT2D eigenvalue weighted by Gasteiger charge is -2.22. The molecule has 7 heteroatoms. The van der Waals surface area contributed by atoms with Crippen molar-refractivity contribution >= 4 is 11.7 Å². The maximum absolute atomic E-state index is 13.0. The first-order chi connectivity index (χ1) is 12.7. The molecular weight excluding hydrogens is 335 g/mol. The zero-order valence-electron chi connectivity index (χ0n) is 13.9. The molecule has 132 valence electrons. The van der Waals surface area contributed by atoms with Crippen LogP contribution < -0.4 is 5.32 Å². The molecule has 1 aliphatic heterocycles. The number of nitrogens with one attached hydrogen (secondary N) is 1. The molecule has 1 atom stereocenters. The van der Waals surface area contributed by atoms with Crippen molar-refractivity contribution in [2.24, 2.45) is 0 Å². The van der Waals surface area contributed by atoms with Crippen molar-refractivity contribution in [2.75, 3.05) is 11.9 Å². The van der Waals surface area contributed by atoms with Gasteiger partial charge in [-0.1, -0.05) is 35.5 Å². The standard InChI is InChI=1S/C19H17FN4O2/c20-14-8-10-15(11-9-14)21-19(25)24-12-4-7-16(24)18-22-17(23-26-18)13-5-2-1-3-6-13/h1-3,5-6,8-11,16H,4,7,12H2,(H,21,25)/t16-/m1/s1. The molecule has 0 aliphatic carbocycles. The van der Waals surface area contributed by atoms with Crippen molar-refractivity contribution in [3.8, 4) is 11.4 Å². The Hall–Kier alpha value is -3.22. The molecule has 0 saturated carbocycles. The topological polar surface area (TPSA) is 71.3 Å². The number of hydrogen-bond acceptors (Lipinski definition) is 4. The summed E-state index contributed by atoms with van der Waals surface area (Å²) in [5.74, 6) is 0.586. The largest absolute Gasteiger partial charge is 0.337 e. The van der Waals surface area contributed by atoms with Crippen LogP contribution in [0.25, 0.3) is 11.4 Å². The van der Waals surface area contributed by atoms with E-state index in [1.54, 1.807) is 4.90 Å². The Labute approximate surface area is 149 Å². The van der Waals surface area contributed by atoms with E-state index in [4.69, 9.17) is 4.52 Å². The Bertz CT molecular complexity index is 895. The predicted octanol–water partition coefficient (Wildman–Crippen LogP) is 4.24. The van der Waals surface area contributed by atoms with E-state index in [9.17, 15) is 9.18 Å². The molecule has 1 saturated heterocycles. The van der Waals surface area contributed by atoms with Crippen LogP contribution in [-0.4, -0.2) is 27.6 Å². The summed E-state index contributed by atoms with van der Waals surface area (Å²) in [6.45, 7) is 0.598. The number of halogens is 1. The monoisotopic (exact) mass is 352 g/mol. The smallest absolute Gasteiger partial charge is 0.322 e. The van der Waals surface area contributed by atoms with Crippen molar-refractivity contribution in [3.63, 3.8) is 0 Å². The summed E-state index contributed by atoms with van der Waals surface area (Å²) in [4.78, 5) is 18.7. The van der Waals surface area contributed by atoms with E-state index in [1.165, 1.54) is 24.3 Å². The van der Waals surface area contributed by atoms with Gasteiger partial charge in [0, 0.05) is 17.8 Å². The molecule has 1 N–H and O–H groups in total. The van der Waals surface area contributed by atoms with Gasteiger partial charge in [0.25, 0.3) is 0 Å². The molecule has 0 radical (unpaired) electrons. The Balaban J connectivity index is 1.50. The Kier molecular flexibility index (Phi) is 4.35. The maximum Gasteiger partial charge on any atom is 0.322 e. The van der Waals surface area contributed by atoms with Crippen LogP contribution in [-0.2, 0) is 0 Å². The van der Waals surface area contributed by atoms with E-state index in [0.717, 1.165) is 18.4 Å². The summed E-state index contributed by atoms with van der Waals surface area (Å²) in [6.07, 6.45) is 1.61. The Morgan fingerprint density at radius 2 is 1.92 bits per heavy atom. The summed E-state index contributed by atoms with van der Waals surface area (Å²) >= 11 is 0. The van der Waals surface area contributed by atoms with Gasteiger partial charge in [0.2, 0.25) is 11.7 Å². The summed E-state index contributed by atoms with van der Waals surface area (Å²) in [5, 5.41) is 6.81. The second-order valence-electron chi connectivity index (χ2n) is 6.11. The second-order valence-corrected chi connectivity index (χ2v) is 6.11. The van der Waals surface area contributed by atoms with Gasteiger partial charge in [0.15, 0.2) is 0 Å². The van der Waals surface area contributed by atoms with Crippen LogP contribution in [0.2, 0.25) is 0 Å². The average molecular weight is 352 g/mol. The van der Waals surface area contributed by atoms with Crippen LogP contribution in [0.1, 0.15) is 24.8 Å². The molecule has 1 fully saturated rings. The van der Waals surface area contributed by atoms with Crippen LogP contribution in [0.4, 0.5) is 14.9 Å². The van der Waals surface area contributed by atoms with Gasteiger partial charge in [0.05, 0.1) is 0 Å². The third-order valence-corrected chi connectivity index (χ3v) is 4.37. The molecule has 4 rings (SSSR count). The highest BCUT2D eigenvalue weighted by Gasteiger charge is 2.34. The lowest BCUT2D eigenvalue weighted by Crippen LogP contribution is -2.34. The van der Waals surface area contributed by atoms with Crippen molar-refractivity contribution in [1.29, 1.82) is 0 Å². The van der Waals surface area contributed by atoms with Crippen molar-refractivity contribution < 1.29 is 13.7 Å². The molecule has 0 bridgehead atoms. The molecule has 0 unspecified atom stereocenters. The highest BCUT2D eigenvalue weighted by atomic mass is 19.1. The number of aromatic nitrogens is 2. The fourth-order valence-electron chi connectivity index (χ4n) is 3.07. The van der Waals surface area contributed by atoms with Crippen LogP contribution in [0.3, 0.4) is 0 Å². The van der Waals surface area contributed by atoms with Crippen molar-refractivity contribution in [3.05, 3.63) is 66.3 Å². The summed E-state index contributed by atoms with van der Waals surface area (Å²) < 4.78 is 18.4. The number of amides is 2. The van der Waals surface area contributed by atoms with Gasteiger partial charge in [-0.2, -0.15) is 4.98 Å².